The van der Waals surface area contributed by atoms with Crippen LogP contribution in [0.3, 0.4) is 0 Å². The van der Waals surface area contributed by atoms with Gasteiger partial charge >= 0.3 is 0 Å². The Morgan fingerprint density at radius 1 is 1.33 bits per heavy atom. The summed E-state index contributed by atoms with van der Waals surface area (Å²) in [5.41, 5.74) is 5.96. The van der Waals surface area contributed by atoms with E-state index in [0.717, 1.165) is 29.0 Å². The van der Waals surface area contributed by atoms with Crippen LogP contribution in [0.4, 0.5) is 11.8 Å². The van der Waals surface area contributed by atoms with Crippen molar-refractivity contribution in [3.63, 3.8) is 0 Å². The first kappa shape index (κ1) is 13.1. The summed E-state index contributed by atoms with van der Waals surface area (Å²) in [5, 5.41) is 4.46. The van der Waals surface area contributed by atoms with Crippen molar-refractivity contribution in [1.29, 1.82) is 0 Å². The first-order chi connectivity index (χ1) is 8.39. The van der Waals surface area contributed by atoms with Crippen LogP contribution in [-0.2, 0) is 6.42 Å². The molecular weight excluding hydrogens is 244 g/mol. The molecule has 0 saturated carbocycles. The normalized spacial score (nSPS) is 12.0. The molecule has 0 radical (unpaired) electrons. The molecule has 4 nitrogen and oxygen atoms in total. The molecule has 0 unspecified atom stereocenters. The third-order valence-corrected chi connectivity index (χ3v) is 3.77. The quantitative estimate of drug-likeness (QED) is 0.893. The zero-order chi connectivity index (χ0) is 13.3. The van der Waals surface area contributed by atoms with Gasteiger partial charge in [-0.15, -0.1) is 11.3 Å². The van der Waals surface area contributed by atoms with Crippen LogP contribution in [0.1, 0.15) is 32.6 Å². The van der Waals surface area contributed by atoms with Crippen LogP contribution in [0, 0.1) is 5.41 Å². The number of rotatable bonds is 3. The van der Waals surface area contributed by atoms with Crippen molar-refractivity contribution < 1.29 is 0 Å². The van der Waals surface area contributed by atoms with E-state index in [-0.39, 0.29) is 5.41 Å². The Kier molecular flexibility index (Phi) is 3.43. The number of fused-ring (bicyclic) bond motifs is 1. The highest BCUT2D eigenvalue weighted by atomic mass is 32.1. The summed E-state index contributed by atoms with van der Waals surface area (Å²) in [6.45, 7) is 9.56. The average molecular weight is 264 g/mol. The predicted octanol–water partition coefficient (Wildman–Crippen LogP) is 3.29. The SMILES string of the molecule is CCc1cc2c(NCC(C)(C)C)nc(N)nc2s1. The van der Waals surface area contributed by atoms with Crippen LogP contribution in [0.15, 0.2) is 6.07 Å². The maximum atomic E-state index is 5.76. The van der Waals surface area contributed by atoms with E-state index in [1.165, 1.54) is 4.88 Å². The van der Waals surface area contributed by atoms with E-state index in [1.54, 1.807) is 11.3 Å². The van der Waals surface area contributed by atoms with Gasteiger partial charge in [-0.25, -0.2) is 4.98 Å². The molecule has 0 bridgehead atoms. The average Bonchev–Trinajstić information content (AvgIpc) is 2.67. The standard InChI is InChI=1S/C13H20N4S/c1-5-8-6-9-10(15-7-13(2,3)4)16-12(14)17-11(9)18-8/h6H,5,7H2,1-4H3,(H3,14,15,16,17). The minimum absolute atomic E-state index is 0.204. The molecule has 0 aliphatic carbocycles. The second-order valence-electron chi connectivity index (χ2n) is 5.63. The highest BCUT2D eigenvalue weighted by Gasteiger charge is 2.14. The highest BCUT2D eigenvalue weighted by molar-refractivity contribution is 7.18. The van der Waals surface area contributed by atoms with Gasteiger partial charge in [-0.3, -0.25) is 0 Å². The number of thiophene rings is 1. The number of nitrogen functional groups attached to an aromatic ring is 1. The molecule has 5 heteroatoms. The number of nitrogens with two attached hydrogens (primary N) is 1. The molecule has 98 valence electrons. The smallest absolute Gasteiger partial charge is 0.223 e. The number of nitrogens with one attached hydrogen (secondary N) is 1. The first-order valence-corrected chi connectivity index (χ1v) is 7.00. The van der Waals surface area contributed by atoms with E-state index in [9.17, 15) is 0 Å². The molecule has 2 aromatic heterocycles. The van der Waals surface area contributed by atoms with Gasteiger partial charge in [-0.1, -0.05) is 27.7 Å². The van der Waals surface area contributed by atoms with Gasteiger partial charge < -0.3 is 11.1 Å². The summed E-state index contributed by atoms with van der Waals surface area (Å²) in [6.07, 6.45) is 1.01. The monoisotopic (exact) mass is 264 g/mol. The van der Waals surface area contributed by atoms with E-state index in [4.69, 9.17) is 5.73 Å². The minimum atomic E-state index is 0.204. The van der Waals surface area contributed by atoms with Gasteiger partial charge in [0.05, 0.1) is 5.39 Å². The molecule has 0 aromatic carbocycles. The Morgan fingerprint density at radius 2 is 2.06 bits per heavy atom. The fourth-order valence-corrected chi connectivity index (χ4v) is 2.62. The van der Waals surface area contributed by atoms with Gasteiger partial charge in [0.25, 0.3) is 0 Å². The number of aromatic nitrogens is 2. The van der Waals surface area contributed by atoms with Gasteiger partial charge in [0, 0.05) is 11.4 Å². The maximum Gasteiger partial charge on any atom is 0.223 e. The molecule has 0 atom stereocenters. The Morgan fingerprint density at radius 3 is 2.67 bits per heavy atom. The lowest BCUT2D eigenvalue weighted by molar-refractivity contribution is 0.442. The number of nitrogens with zero attached hydrogens (tertiary/aromatic N) is 2. The van der Waals surface area contributed by atoms with E-state index >= 15 is 0 Å². The second-order valence-corrected chi connectivity index (χ2v) is 6.74. The van der Waals surface area contributed by atoms with Crippen molar-refractivity contribution in [2.45, 2.75) is 34.1 Å². The lowest BCUT2D eigenvalue weighted by Crippen LogP contribution is -2.20. The van der Waals surface area contributed by atoms with Crippen LogP contribution in [0.25, 0.3) is 10.2 Å². The zero-order valence-electron chi connectivity index (χ0n) is 11.4. The lowest BCUT2D eigenvalue weighted by atomic mass is 9.97. The summed E-state index contributed by atoms with van der Waals surface area (Å²) in [5.74, 6) is 1.19. The number of anilines is 2. The van der Waals surface area contributed by atoms with Gasteiger partial charge in [-0.2, -0.15) is 4.98 Å². The molecule has 0 saturated heterocycles. The van der Waals surface area contributed by atoms with Crippen LogP contribution < -0.4 is 11.1 Å². The first-order valence-electron chi connectivity index (χ1n) is 6.19. The van der Waals surface area contributed by atoms with Gasteiger partial charge in [0.2, 0.25) is 5.95 Å². The summed E-state index contributed by atoms with van der Waals surface area (Å²) in [7, 11) is 0. The topological polar surface area (TPSA) is 63.8 Å². The van der Waals surface area contributed by atoms with E-state index in [2.05, 4.69) is 49.0 Å². The Hall–Kier alpha value is -1.36. The number of hydrogen-bond donors (Lipinski definition) is 2. The van der Waals surface area contributed by atoms with Crippen LogP contribution >= 0.6 is 11.3 Å². The van der Waals surface area contributed by atoms with Crippen LogP contribution in [0.2, 0.25) is 0 Å². The molecule has 2 rings (SSSR count). The Bertz CT molecular complexity index is 554. The van der Waals surface area contributed by atoms with Gasteiger partial charge in [0.15, 0.2) is 0 Å². The van der Waals surface area contributed by atoms with Crippen molar-refractivity contribution in [3.05, 3.63) is 10.9 Å². The third kappa shape index (κ3) is 2.90. The van der Waals surface area contributed by atoms with Gasteiger partial charge in [0.1, 0.15) is 10.6 Å². The van der Waals surface area contributed by atoms with E-state index < -0.39 is 0 Å². The highest BCUT2D eigenvalue weighted by Crippen LogP contribution is 2.30. The molecule has 3 N–H and O–H groups in total. The molecule has 0 aliphatic rings. The predicted molar refractivity (Wildman–Crippen MR) is 79.2 cm³/mol. The molecule has 18 heavy (non-hydrogen) atoms. The summed E-state index contributed by atoms with van der Waals surface area (Å²) < 4.78 is 0. The van der Waals surface area contributed by atoms with Crippen molar-refractivity contribution >= 4 is 33.3 Å². The Balaban J connectivity index is 2.39. The van der Waals surface area contributed by atoms with E-state index in [1.807, 2.05) is 0 Å². The zero-order valence-corrected chi connectivity index (χ0v) is 12.2. The molecule has 0 fully saturated rings. The molecular formula is C13H20N4S. The summed E-state index contributed by atoms with van der Waals surface area (Å²) in [4.78, 5) is 10.9. The fraction of sp³-hybridized carbons (Fsp3) is 0.538. The van der Waals surface area contributed by atoms with Crippen molar-refractivity contribution in [3.8, 4) is 0 Å². The largest absolute Gasteiger partial charge is 0.369 e. The second kappa shape index (κ2) is 4.72. The maximum absolute atomic E-state index is 5.76. The van der Waals surface area contributed by atoms with Crippen molar-refractivity contribution in [1.82, 2.24) is 9.97 Å². The third-order valence-electron chi connectivity index (χ3n) is 2.60. The fourth-order valence-electron chi connectivity index (χ4n) is 1.65. The molecule has 2 heterocycles. The molecule has 2 aromatic rings. The molecule has 0 amide bonds. The summed E-state index contributed by atoms with van der Waals surface area (Å²) >= 11 is 1.69. The molecule has 0 aliphatic heterocycles. The minimum Gasteiger partial charge on any atom is -0.369 e. The summed E-state index contributed by atoms with van der Waals surface area (Å²) in [6, 6.07) is 2.16. The molecule has 0 spiro atoms. The number of hydrogen-bond acceptors (Lipinski definition) is 5. The van der Waals surface area contributed by atoms with Crippen LogP contribution in [-0.4, -0.2) is 16.5 Å². The van der Waals surface area contributed by atoms with E-state index in [0.29, 0.717) is 5.95 Å². The number of aryl methyl sites for hydroxylation is 1. The van der Waals surface area contributed by atoms with Crippen molar-refractivity contribution in [2.75, 3.05) is 17.6 Å². The van der Waals surface area contributed by atoms with Crippen molar-refractivity contribution in [2.24, 2.45) is 5.41 Å². The van der Waals surface area contributed by atoms with Crippen LogP contribution in [0.5, 0.6) is 0 Å². The Labute approximate surface area is 112 Å². The van der Waals surface area contributed by atoms with Gasteiger partial charge in [-0.05, 0) is 17.9 Å². The lowest BCUT2D eigenvalue weighted by Gasteiger charge is -2.19.